The van der Waals surface area contributed by atoms with Crippen molar-refractivity contribution in [1.29, 1.82) is 0 Å². The predicted octanol–water partition coefficient (Wildman–Crippen LogP) is 1.57. The van der Waals surface area contributed by atoms with Gasteiger partial charge in [0, 0.05) is 13.1 Å². The van der Waals surface area contributed by atoms with Crippen LogP contribution in [0.4, 0.5) is 0 Å². The SMILES string of the molecule is CC(C)(O)CN1CCC(CN2CCCC2)CC1. The molecule has 3 nitrogen and oxygen atoms in total. The van der Waals surface area contributed by atoms with Crippen molar-refractivity contribution in [2.24, 2.45) is 5.92 Å². The number of likely N-dealkylation sites (tertiary alicyclic amines) is 2. The fourth-order valence-electron chi connectivity index (χ4n) is 3.20. The lowest BCUT2D eigenvalue weighted by Gasteiger charge is -2.36. The van der Waals surface area contributed by atoms with Gasteiger partial charge >= 0.3 is 0 Å². The first-order valence-corrected chi connectivity index (χ1v) is 7.20. The van der Waals surface area contributed by atoms with Crippen LogP contribution >= 0.6 is 0 Å². The zero-order chi connectivity index (χ0) is 12.3. The summed E-state index contributed by atoms with van der Waals surface area (Å²) in [5, 5.41) is 9.82. The lowest BCUT2D eigenvalue weighted by atomic mass is 9.95. The zero-order valence-corrected chi connectivity index (χ0v) is 11.5. The number of β-amino-alcohol motifs (C(OH)–C–C–N with tert-alkyl or cyclic N) is 1. The van der Waals surface area contributed by atoms with E-state index >= 15 is 0 Å². The van der Waals surface area contributed by atoms with Crippen LogP contribution in [0.2, 0.25) is 0 Å². The number of nitrogens with zero attached hydrogens (tertiary/aromatic N) is 2. The smallest absolute Gasteiger partial charge is 0.0718 e. The van der Waals surface area contributed by atoms with Crippen molar-refractivity contribution < 1.29 is 5.11 Å². The van der Waals surface area contributed by atoms with Crippen molar-refractivity contribution >= 4 is 0 Å². The Morgan fingerprint density at radius 3 is 2.12 bits per heavy atom. The van der Waals surface area contributed by atoms with Crippen LogP contribution in [-0.2, 0) is 0 Å². The number of hydrogen-bond donors (Lipinski definition) is 1. The van der Waals surface area contributed by atoms with Crippen LogP contribution in [0.3, 0.4) is 0 Å². The Hall–Kier alpha value is -0.120. The Bertz CT molecular complexity index is 223. The van der Waals surface area contributed by atoms with Crippen LogP contribution < -0.4 is 0 Å². The first-order chi connectivity index (χ1) is 8.03. The van der Waals surface area contributed by atoms with Gasteiger partial charge in [0.25, 0.3) is 0 Å². The second-order valence-corrected chi connectivity index (χ2v) is 6.54. The van der Waals surface area contributed by atoms with Crippen molar-refractivity contribution in [3.05, 3.63) is 0 Å². The molecule has 3 heteroatoms. The molecule has 0 radical (unpaired) electrons. The van der Waals surface area contributed by atoms with Crippen molar-refractivity contribution in [3.63, 3.8) is 0 Å². The second-order valence-electron chi connectivity index (χ2n) is 6.54. The molecule has 2 saturated heterocycles. The average Bonchev–Trinajstić information content (AvgIpc) is 2.71. The molecule has 0 aromatic carbocycles. The Labute approximate surface area is 106 Å². The van der Waals surface area contributed by atoms with Crippen molar-refractivity contribution in [2.45, 2.75) is 45.1 Å². The van der Waals surface area contributed by atoms with E-state index in [1.807, 2.05) is 13.8 Å². The Kier molecular flexibility index (Phi) is 4.45. The molecule has 0 spiro atoms. The quantitative estimate of drug-likeness (QED) is 0.808. The second kappa shape index (κ2) is 5.68. The van der Waals surface area contributed by atoms with Crippen LogP contribution in [0.1, 0.15) is 39.5 Å². The Balaban J connectivity index is 1.67. The third-order valence-corrected chi connectivity index (χ3v) is 4.03. The molecular weight excluding hydrogens is 212 g/mol. The zero-order valence-electron chi connectivity index (χ0n) is 11.5. The molecule has 100 valence electrons. The van der Waals surface area contributed by atoms with E-state index in [4.69, 9.17) is 0 Å². The highest BCUT2D eigenvalue weighted by Gasteiger charge is 2.25. The summed E-state index contributed by atoms with van der Waals surface area (Å²) < 4.78 is 0. The fourth-order valence-corrected chi connectivity index (χ4v) is 3.20. The number of rotatable bonds is 4. The molecule has 1 N–H and O–H groups in total. The van der Waals surface area contributed by atoms with Gasteiger partial charge in [0.1, 0.15) is 0 Å². The summed E-state index contributed by atoms with van der Waals surface area (Å²) in [6.07, 6.45) is 5.42. The highest BCUT2D eigenvalue weighted by Crippen LogP contribution is 2.21. The standard InChI is InChI=1S/C14H28N2O/c1-14(2,17)12-16-9-5-13(6-10-16)11-15-7-3-4-8-15/h13,17H,3-12H2,1-2H3. The summed E-state index contributed by atoms with van der Waals surface area (Å²) in [5.74, 6) is 0.895. The summed E-state index contributed by atoms with van der Waals surface area (Å²) in [6, 6.07) is 0. The molecular formula is C14H28N2O. The van der Waals surface area contributed by atoms with E-state index in [1.54, 1.807) is 0 Å². The topological polar surface area (TPSA) is 26.7 Å². The van der Waals surface area contributed by atoms with Gasteiger partial charge in [-0.05, 0) is 71.6 Å². The van der Waals surface area contributed by atoms with E-state index in [0.29, 0.717) is 0 Å². The van der Waals surface area contributed by atoms with E-state index in [2.05, 4.69) is 9.80 Å². The summed E-state index contributed by atoms with van der Waals surface area (Å²) in [4.78, 5) is 5.05. The molecule has 2 fully saturated rings. The van der Waals surface area contributed by atoms with E-state index in [1.165, 1.54) is 58.4 Å². The molecule has 0 atom stereocenters. The number of aliphatic hydroxyl groups is 1. The molecule has 0 aliphatic carbocycles. The highest BCUT2D eigenvalue weighted by atomic mass is 16.3. The van der Waals surface area contributed by atoms with Gasteiger partial charge < -0.3 is 14.9 Å². The molecule has 0 amide bonds. The van der Waals surface area contributed by atoms with Crippen molar-refractivity contribution in [3.8, 4) is 0 Å². The van der Waals surface area contributed by atoms with E-state index in [0.717, 1.165) is 12.5 Å². The summed E-state index contributed by atoms with van der Waals surface area (Å²) in [6.45, 7) is 10.9. The van der Waals surface area contributed by atoms with Gasteiger partial charge in [0.05, 0.1) is 5.60 Å². The molecule has 0 bridgehead atoms. The molecule has 2 rings (SSSR count). The number of piperidine rings is 1. The largest absolute Gasteiger partial charge is 0.389 e. The Morgan fingerprint density at radius 2 is 1.59 bits per heavy atom. The molecule has 0 unspecified atom stereocenters. The van der Waals surface area contributed by atoms with Gasteiger partial charge in [-0.25, -0.2) is 0 Å². The highest BCUT2D eigenvalue weighted by molar-refractivity contribution is 4.80. The van der Waals surface area contributed by atoms with Crippen molar-refractivity contribution in [2.75, 3.05) is 39.3 Å². The van der Waals surface area contributed by atoms with Crippen LogP contribution in [0.15, 0.2) is 0 Å². The van der Waals surface area contributed by atoms with Gasteiger partial charge in [-0.1, -0.05) is 0 Å². The lowest BCUT2D eigenvalue weighted by molar-refractivity contribution is 0.0224. The molecule has 0 aromatic heterocycles. The molecule has 2 heterocycles. The predicted molar refractivity (Wildman–Crippen MR) is 71.1 cm³/mol. The van der Waals surface area contributed by atoms with Gasteiger partial charge in [-0.3, -0.25) is 0 Å². The fraction of sp³-hybridized carbons (Fsp3) is 1.00. The van der Waals surface area contributed by atoms with E-state index in [-0.39, 0.29) is 0 Å². The van der Waals surface area contributed by atoms with Crippen LogP contribution in [0.5, 0.6) is 0 Å². The Morgan fingerprint density at radius 1 is 1.00 bits per heavy atom. The first-order valence-electron chi connectivity index (χ1n) is 7.20. The maximum atomic E-state index is 9.82. The minimum Gasteiger partial charge on any atom is -0.389 e. The third-order valence-electron chi connectivity index (χ3n) is 4.03. The summed E-state index contributed by atoms with van der Waals surface area (Å²) in [7, 11) is 0. The van der Waals surface area contributed by atoms with E-state index < -0.39 is 5.60 Å². The van der Waals surface area contributed by atoms with Gasteiger partial charge in [0.2, 0.25) is 0 Å². The number of hydrogen-bond acceptors (Lipinski definition) is 3. The van der Waals surface area contributed by atoms with E-state index in [9.17, 15) is 5.11 Å². The first kappa shape index (κ1) is 13.3. The van der Waals surface area contributed by atoms with Crippen molar-refractivity contribution in [1.82, 2.24) is 9.80 Å². The summed E-state index contributed by atoms with van der Waals surface area (Å²) in [5.41, 5.74) is -0.540. The monoisotopic (exact) mass is 240 g/mol. The lowest BCUT2D eigenvalue weighted by Crippen LogP contribution is -2.44. The normalized spacial score (nSPS) is 25.6. The average molecular weight is 240 g/mol. The minimum absolute atomic E-state index is 0.540. The van der Waals surface area contributed by atoms with Gasteiger partial charge in [-0.2, -0.15) is 0 Å². The van der Waals surface area contributed by atoms with Gasteiger partial charge in [-0.15, -0.1) is 0 Å². The minimum atomic E-state index is -0.540. The maximum Gasteiger partial charge on any atom is 0.0718 e. The molecule has 0 aromatic rings. The third kappa shape index (κ3) is 4.57. The molecule has 0 saturated carbocycles. The maximum absolute atomic E-state index is 9.82. The molecule has 2 aliphatic rings. The van der Waals surface area contributed by atoms with Crippen LogP contribution in [-0.4, -0.2) is 59.8 Å². The van der Waals surface area contributed by atoms with Gasteiger partial charge in [0.15, 0.2) is 0 Å². The van der Waals surface area contributed by atoms with Crippen LogP contribution in [0, 0.1) is 5.92 Å². The molecule has 2 aliphatic heterocycles. The molecule has 17 heavy (non-hydrogen) atoms. The summed E-state index contributed by atoms with van der Waals surface area (Å²) >= 11 is 0. The van der Waals surface area contributed by atoms with Crippen LogP contribution in [0.25, 0.3) is 0 Å².